The van der Waals surface area contributed by atoms with E-state index < -0.39 is 0 Å². The Hall–Kier alpha value is -1.71. The molecule has 4 nitrogen and oxygen atoms in total. The van der Waals surface area contributed by atoms with E-state index in [9.17, 15) is 4.79 Å². The van der Waals surface area contributed by atoms with Gasteiger partial charge in [0, 0.05) is 0 Å². The number of benzene rings is 1. The first-order chi connectivity index (χ1) is 6.29. The molecule has 5 heteroatoms. The highest BCUT2D eigenvalue weighted by molar-refractivity contribution is 7.22. The van der Waals surface area contributed by atoms with E-state index >= 15 is 0 Å². The number of carbonyl (C=O) groups excluding carboxylic acids is 1. The van der Waals surface area contributed by atoms with Crippen LogP contribution >= 0.6 is 11.3 Å². The molecular weight excluding hydrogens is 188 g/mol. The molecule has 0 saturated heterocycles. The van der Waals surface area contributed by atoms with Crippen LogP contribution in [0.25, 0.3) is 10.2 Å². The van der Waals surface area contributed by atoms with E-state index in [1.165, 1.54) is 23.5 Å². The summed E-state index contributed by atoms with van der Waals surface area (Å²) in [6.07, 6.45) is 1.42. The van der Waals surface area contributed by atoms with Crippen LogP contribution in [-0.2, 0) is 4.79 Å². The zero-order chi connectivity index (χ0) is 9.26. The first-order valence-electron chi connectivity index (χ1n) is 3.47. The quantitative estimate of drug-likeness (QED) is 0.555. The van der Waals surface area contributed by atoms with Crippen molar-refractivity contribution in [3.8, 4) is 5.75 Å². The standard InChI is InChI=1S/C8H4N2O2S/c11-4-9-8-10-6-2-1-5(12)3-7(6)13-8/h1-3,12H. The number of aromatic nitrogens is 1. The van der Waals surface area contributed by atoms with Gasteiger partial charge in [0.2, 0.25) is 11.2 Å². The summed E-state index contributed by atoms with van der Waals surface area (Å²) >= 11 is 1.24. The molecule has 0 saturated carbocycles. The third kappa shape index (κ3) is 1.42. The van der Waals surface area contributed by atoms with Crippen LogP contribution in [0.5, 0.6) is 5.75 Å². The van der Waals surface area contributed by atoms with Gasteiger partial charge >= 0.3 is 0 Å². The third-order valence-corrected chi connectivity index (χ3v) is 2.41. The summed E-state index contributed by atoms with van der Waals surface area (Å²) in [6, 6.07) is 4.79. The summed E-state index contributed by atoms with van der Waals surface area (Å²) in [4.78, 5) is 17.4. The Bertz CT molecular complexity index is 500. The molecule has 0 radical (unpaired) electrons. The van der Waals surface area contributed by atoms with Crippen LogP contribution in [0.1, 0.15) is 0 Å². The Morgan fingerprint density at radius 1 is 1.54 bits per heavy atom. The Morgan fingerprint density at radius 3 is 3.15 bits per heavy atom. The molecule has 1 N–H and O–H groups in total. The number of rotatable bonds is 1. The predicted octanol–water partition coefficient (Wildman–Crippen LogP) is 1.97. The van der Waals surface area contributed by atoms with E-state index in [2.05, 4.69) is 9.98 Å². The summed E-state index contributed by atoms with van der Waals surface area (Å²) < 4.78 is 0.800. The molecule has 1 aromatic carbocycles. The molecule has 0 unspecified atom stereocenters. The first kappa shape index (κ1) is 7.91. The second-order valence-corrected chi connectivity index (χ2v) is 3.36. The van der Waals surface area contributed by atoms with Gasteiger partial charge < -0.3 is 5.11 Å². The van der Waals surface area contributed by atoms with Crippen molar-refractivity contribution in [2.24, 2.45) is 4.99 Å². The minimum absolute atomic E-state index is 0.179. The highest BCUT2D eigenvalue weighted by Crippen LogP contribution is 2.29. The van der Waals surface area contributed by atoms with Crippen molar-refractivity contribution < 1.29 is 9.90 Å². The van der Waals surface area contributed by atoms with Gasteiger partial charge in [-0.2, -0.15) is 0 Å². The molecule has 1 aromatic heterocycles. The fraction of sp³-hybridized carbons (Fsp3) is 0. The monoisotopic (exact) mass is 192 g/mol. The Morgan fingerprint density at radius 2 is 2.38 bits per heavy atom. The van der Waals surface area contributed by atoms with Gasteiger partial charge in [-0.25, -0.2) is 9.78 Å². The van der Waals surface area contributed by atoms with Crippen molar-refractivity contribution in [2.45, 2.75) is 0 Å². The lowest BCUT2D eigenvalue weighted by molar-refractivity contribution is 0.476. The van der Waals surface area contributed by atoms with Gasteiger partial charge in [-0.3, -0.25) is 0 Å². The fourth-order valence-corrected chi connectivity index (χ4v) is 1.81. The second-order valence-electron chi connectivity index (χ2n) is 2.35. The van der Waals surface area contributed by atoms with Gasteiger partial charge in [0.15, 0.2) is 0 Å². The van der Waals surface area contributed by atoms with Gasteiger partial charge in [-0.05, 0) is 18.2 Å². The highest BCUT2D eigenvalue weighted by atomic mass is 32.1. The Labute approximate surface area is 77.2 Å². The summed E-state index contributed by atoms with van der Waals surface area (Å²) in [5.41, 5.74) is 0.719. The normalized spacial score (nSPS) is 9.85. The van der Waals surface area contributed by atoms with E-state index in [0.717, 1.165) is 10.2 Å². The number of phenolic OH excluding ortho intramolecular Hbond substituents is 1. The molecule has 0 fully saturated rings. The van der Waals surface area contributed by atoms with Crippen LogP contribution in [0.3, 0.4) is 0 Å². The number of aliphatic imine (C=N–C) groups is 1. The van der Waals surface area contributed by atoms with Gasteiger partial charge in [-0.15, -0.1) is 4.99 Å². The van der Waals surface area contributed by atoms with Crippen molar-refractivity contribution in [3.63, 3.8) is 0 Å². The molecule has 2 aromatic rings. The lowest BCUT2D eigenvalue weighted by Gasteiger charge is -1.87. The lowest BCUT2D eigenvalue weighted by atomic mass is 10.3. The number of phenols is 1. The Kier molecular flexibility index (Phi) is 1.81. The highest BCUT2D eigenvalue weighted by Gasteiger charge is 2.02. The van der Waals surface area contributed by atoms with E-state index in [0.29, 0.717) is 5.13 Å². The van der Waals surface area contributed by atoms with Crippen molar-refractivity contribution >= 4 is 32.8 Å². The van der Waals surface area contributed by atoms with Crippen molar-refractivity contribution in [2.75, 3.05) is 0 Å². The molecule has 64 valence electrons. The topological polar surface area (TPSA) is 62.5 Å². The molecule has 0 aliphatic carbocycles. The summed E-state index contributed by atoms with van der Waals surface area (Å²) in [5, 5.41) is 9.50. The minimum atomic E-state index is 0.179. The maximum Gasteiger partial charge on any atom is 0.242 e. The van der Waals surface area contributed by atoms with Crippen LogP contribution in [0.4, 0.5) is 5.13 Å². The minimum Gasteiger partial charge on any atom is -0.508 e. The van der Waals surface area contributed by atoms with E-state index in [1.54, 1.807) is 12.1 Å². The van der Waals surface area contributed by atoms with Gasteiger partial charge in [-0.1, -0.05) is 11.3 Å². The van der Waals surface area contributed by atoms with E-state index in [-0.39, 0.29) is 5.75 Å². The molecule has 0 atom stereocenters. The molecule has 0 aliphatic heterocycles. The van der Waals surface area contributed by atoms with Gasteiger partial charge in [0.25, 0.3) is 0 Å². The maximum atomic E-state index is 9.94. The summed E-state index contributed by atoms with van der Waals surface area (Å²) in [7, 11) is 0. The van der Waals surface area contributed by atoms with E-state index in [1.807, 2.05) is 0 Å². The smallest absolute Gasteiger partial charge is 0.242 e. The van der Waals surface area contributed by atoms with E-state index in [4.69, 9.17) is 5.11 Å². The van der Waals surface area contributed by atoms with Crippen LogP contribution in [0.2, 0.25) is 0 Å². The number of nitrogens with zero attached hydrogens (tertiary/aromatic N) is 2. The van der Waals surface area contributed by atoms with Gasteiger partial charge in [0.1, 0.15) is 5.75 Å². The number of fused-ring (bicyclic) bond motifs is 1. The molecule has 0 bridgehead atoms. The van der Waals surface area contributed by atoms with Crippen LogP contribution in [0, 0.1) is 0 Å². The van der Waals surface area contributed by atoms with Crippen LogP contribution in [-0.4, -0.2) is 16.2 Å². The van der Waals surface area contributed by atoms with Crippen LogP contribution in [0.15, 0.2) is 23.2 Å². The van der Waals surface area contributed by atoms with Crippen molar-refractivity contribution in [1.29, 1.82) is 0 Å². The largest absolute Gasteiger partial charge is 0.508 e. The average Bonchev–Trinajstić information content (AvgIpc) is 2.46. The third-order valence-electron chi connectivity index (χ3n) is 1.50. The molecule has 2 rings (SSSR count). The number of hydrogen-bond donors (Lipinski definition) is 1. The SMILES string of the molecule is O=C=Nc1nc2ccc(O)cc2s1. The number of aromatic hydroxyl groups is 1. The number of isocyanates is 1. The van der Waals surface area contributed by atoms with Crippen LogP contribution < -0.4 is 0 Å². The van der Waals surface area contributed by atoms with Crippen molar-refractivity contribution in [1.82, 2.24) is 4.98 Å². The van der Waals surface area contributed by atoms with Crippen molar-refractivity contribution in [3.05, 3.63) is 18.2 Å². The fourth-order valence-electron chi connectivity index (χ4n) is 0.988. The number of thiazole rings is 1. The predicted molar refractivity (Wildman–Crippen MR) is 49.1 cm³/mol. The van der Waals surface area contributed by atoms with Gasteiger partial charge in [0.05, 0.1) is 10.2 Å². The molecule has 0 aliphatic rings. The number of hydrogen-bond acceptors (Lipinski definition) is 5. The molecule has 13 heavy (non-hydrogen) atoms. The lowest BCUT2D eigenvalue weighted by Crippen LogP contribution is -1.66. The molecule has 0 amide bonds. The average molecular weight is 192 g/mol. The molecule has 0 spiro atoms. The second kappa shape index (κ2) is 2.97. The summed E-state index contributed by atoms with van der Waals surface area (Å²) in [6.45, 7) is 0. The first-order valence-corrected chi connectivity index (χ1v) is 4.28. The molecule has 1 heterocycles. The summed E-state index contributed by atoms with van der Waals surface area (Å²) in [5.74, 6) is 0.179. The maximum absolute atomic E-state index is 9.94. The molecular formula is C8H4N2O2S. The zero-order valence-corrected chi connectivity index (χ0v) is 7.21. The Balaban J connectivity index is 2.68. The zero-order valence-electron chi connectivity index (χ0n) is 6.39.